The highest BCUT2D eigenvalue weighted by molar-refractivity contribution is 5.86. The molecular formula is C28H40N4O3. The number of likely N-dealkylation sites (tertiary alicyclic amines) is 3. The van der Waals surface area contributed by atoms with Gasteiger partial charge in [0.2, 0.25) is 5.91 Å². The van der Waals surface area contributed by atoms with Crippen LogP contribution in [0.5, 0.6) is 0 Å². The maximum absolute atomic E-state index is 13.5. The van der Waals surface area contributed by atoms with Crippen LogP contribution in [-0.4, -0.2) is 89.2 Å². The number of aliphatic hydroxyl groups is 1. The molecule has 35 heavy (non-hydrogen) atoms. The maximum atomic E-state index is 13.5. The number of urea groups is 1. The zero-order chi connectivity index (χ0) is 24.0. The van der Waals surface area contributed by atoms with Crippen molar-refractivity contribution < 1.29 is 14.7 Å². The number of benzene rings is 1. The van der Waals surface area contributed by atoms with Gasteiger partial charge in [0.05, 0.1) is 11.5 Å². The predicted molar refractivity (Wildman–Crippen MR) is 134 cm³/mol. The molecule has 0 bridgehead atoms. The van der Waals surface area contributed by atoms with Crippen LogP contribution in [0, 0.1) is 11.3 Å². The smallest absolute Gasteiger partial charge is 0.320 e. The van der Waals surface area contributed by atoms with Crippen LogP contribution in [0.15, 0.2) is 30.3 Å². The fourth-order valence-corrected chi connectivity index (χ4v) is 7.10. The summed E-state index contributed by atoms with van der Waals surface area (Å²) in [4.78, 5) is 32.8. The Balaban J connectivity index is 0.966. The van der Waals surface area contributed by atoms with Gasteiger partial charge in [0, 0.05) is 63.2 Å². The van der Waals surface area contributed by atoms with E-state index in [1.807, 2.05) is 9.80 Å². The Morgan fingerprint density at radius 2 is 1.80 bits per heavy atom. The molecule has 0 aromatic heterocycles. The van der Waals surface area contributed by atoms with E-state index >= 15 is 0 Å². The number of nitrogens with one attached hydrogen (secondary N) is 1. The maximum Gasteiger partial charge on any atom is 0.320 e. The van der Waals surface area contributed by atoms with Crippen molar-refractivity contribution in [3.8, 4) is 0 Å². The van der Waals surface area contributed by atoms with E-state index in [-0.39, 0.29) is 29.5 Å². The summed E-state index contributed by atoms with van der Waals surface area (Å²) in [7, 11) is 0. The monoisotopic (exact) mass is 480 g/mol. The highest BCUT2D eigenvalue weighted by Gasteiger charge is 2.52. The summed E-state index contributed by atoms with van der Waals surface area (Å²) in [5.74, 6) is 1.43. The first-order chi connectivity index (χ1) is 17.0. The van der Waals surface area contributed by atoms with E-state index in [1.165, 1.54) is 12.0 Å². The van der Waals surface area contributed by atoms with E-state index in [9.17, 15) is 14.7 Å². The second-order valence-corrected chi connectivity index (χ2v) is 11.8. The fourth-order valence-electron chi connectivity index (χ4n) is 7.10. The van der Waals surface area contributed by atoms with Gasteiger partial charge in [-0.25, -0.2) is 4.79 Å². The Morgan fingerprint density at radius 1 is 1.03 bits per heavy atom. The molecule has 3 atom stereocenters. The minimum absolute atomic E-state index is 0.126. The van der Waals surface area contributed by atoms with Crippen LogP contribution >= 0.6 is 0 Å². The van der Waals surface area contributed by atoms with Gasteiger partial charge in [0.25, 0.3) is 0 Å². The topological polar surface area (TPSA) is 76.1 Å². The molecule has 2 aliphatic carbocycles. The highest BCUT2D eigenvalue weighted by atomic mass is 16.3. The van der Waals surface area contributed by atoms with E-state index in [1.54, 1.807) is 0 Å². The van der Waals surface area contributed by atoms with Gasteiger partial charge in [-0.15, -0.1) is 0 Å². The molecule has 5 aliphatic rings. The van der Waals surface area contributed by atoms with Gasteiger partial charge < -0.3 is 25.1 Å². The molecule has 2 saturated carbocycles. The lowest BCUT2D eigenvalue weighted by atomic mass is 9.78. The first kappa shape index (κ1) is 23.3. The van der Waals surface area contributed by atoms with Crippen LogP contribution in [-0.2, 0) is 4.79 Å². The number of piperidine rings is 1. The number of carbonyl (C=O) groups is 2. The molecule has 1 aromatic rings. The number of aliphatic hydroxyl groups excluding tert-OH is 1. The molecule has 5 fully saturated rings. The van der Waals surface area contributed by atoms with Gasteiger partial charge in [0.1, 0.15) is 0 Å². The van der Waals surface area contributed by atoms with Crippen LogP contribution in [0.3, 0.4) is 0 Å². The molecule has 190 valence electrons. The van der Waals surface area contributed by atoms with Crippen LogP contribution in [0.4, 0.5) is 4.79 Å². The second kappa shape index (κ2) is 9.40. The van der Waals surface area contributed by atoms with E-state index in [4.69, 9.17) is 0 Å². The Bertz CT molecular complexity index is 927. The SMILES string of the molecule is O=C(N1CC(CN[C@H]2CC2c2ccccc2)C1)N1CCC[C@@]2(CCN(C3CCC(O)CC3)C2=O)C1. The Morgan fingerprint density at radius 3 is 2.57 bits per heavy atom. The van der Waals surface area contributed by atoms with Crippen LogP contribution in [0.2, 0.25) is 0 Å². The van der Waals surface area contributed by atoms with Crippen LogP contribution in [0.25, 0.3) is 0 Å². The van der Waals surface area contributed by atoms with Crippen molar-refractivity contribution in [2.24, 2.45) is 11.3 Å². The lowest BCUT2D eigenvalue weighted by Crippen LogP contribution is -2.60. The summed E-state index contributed by atoms with van der Waals surface area (Å²) in [6, 6.07) is 11.7. The van der Waals surface area contributed by atoms with Gasteiger partial charge >= 0.3 is 6.03 Å². The largest absolute Gasteiger partial charge is 0.393 e. The molecule has 3 saturated heterocycles. The molecule has 6 rings (SSSR count). The zero-order valence-corrected chi connectivity index (χ0v) is 20.8. The summed E-state index contributed by atoms with van der Waals surface area (Å²) < 4.78 is 0. The second-order valence-electron chi connectivity index (χ2n) is 11.8. The van der Waals surface area contributed by atoms with Gasteiger partial charge in [0.15, 0.2) is 0 Å². The standard InChI is InChI=1S/C28H40N4O3/c33-23-9-7-22(8-10-23)32-14-12-28(26(32)34)11-4-13-30(19-28)27(35)31-17-20(18-31)16-29-25-15-24(25)21-5-2-1-3-6-21/h1-3,5-6,20,22-25,29,33H,4,7-19H2/t22?,23?,24?,25-,28+/m0/s1. The molecule has 3 aliphatic heterocycles. The summed E-state index contributed by atoms with van der Waals surface area (Å²) in [6.07, 6.45) is 7.09. The normalized spacial score (nSPS) is 35.5. The first-order valence-electron chi connectivity index (χ1n) is 13.8. The van der Waals surface area contributed by atoms with Crippen molar-refractivity contribution in [1.29, 1.82) is 0 Å². The molecule has 7 heteroatoms. The third-order valence-electron chi connectivity index (χ3n) is 9.41. The number of carbonyl (C=O) groups excluding carboxylic acids is 2. The molecule has 1 spiro atoms. The Hall–Kier alpha value is -2.12. The van der Waals surface area contributed by atoms with Gasteiger partial charge in [-0.2, -0.15) is 0 Å². The lowest BCUT2D eigenvalue weighted by Gasteiger charge is -2.46. The van der Waals surface area contributed by atoms with Gasteiger partial charge in [-0.05, 0) is 56.9 Å². The van der Waals surface area contributed by atoms with Crippen molar-refractivity contribution in [3.05, 3.63) is 35.9 Å². The molecule has 3 heterocycles. The summed E-state index contributed by atoms with van der Waals surface area (Å²) in [6.45, 7) is 4.78. The highest BCUT2D eigenvalue weighted by Crippen LogP contribution is 2.43. The third kappa shape index (κ3) is 4.57. The van der Waals surface area contributed by atoms with Crippen molar-refractivity contribution in [2.75, 3.05) is 39.3 Å². The van der Waals surface area contributed by atoms with Crippen molar-refractivity contribution in [1.82, 2.24) is 20.0 Å². The molecule has 1 aromatic carbocycles. The van der Waals surface area contributed by atoms with Gasteiger partial charge in [-0.1, -0.05) is 30.3 Å². The third-order valence-corrected chi connectivity index (χ3v) is 9.41. The molecule has 0 radical (unpaired) electrons. The molecule has 1 unspecified atom stereocenters. The number of hydrogen-bond donors (Lipinski definition) is 2. The van der Waals surface area contributed by atoms with Crippen LogP contribution < -0.4 is 5.32 Å². The number of amides is 3. The molecule has 2 N–H and O–H groups in total. The average Bonchev–Trinajstić information content (AvgIpc) is 3.58. The van der Waals surface area contributed by atoms with E-state index in [0.29, 0.717) is 24.4 Å². The first-order valence-corrected chi connectivity index (χ1v) is 13.8. The van der Waals surface area contributed by atoms with E-state index in [0.717, 1.165) is 77.7 Å². The number of nitrogens with zero attached hydrogens (tertiary/aromatic N) is 3. The summed E-state index contributed by atoms with van der Waals surface area (Å²) in [5, 5.41) is 13.6. The predicted octanol–water partition coefficient (Wildman–Crippen LogP) is 2.80. The number of rotatable bonds is 5. The van der Waals surface area contributed by atoms with Crippen molar-refractivity contribution in [3.63, 3.8) is 0 Å². The Labute approximate surface area is 208 Å². The Kier molecular flexibility index (Phi) is 6.25. The minimum Gasteiger partial charge on any atom is -0.393 e. The number of hydrogen-bond acceptors (Lipinski definition) is 4. The molecule has 7 nitrogen and oxygen atoms in total. The van der Waals surface area contributed by atoms with Gasteiger partial charge in [-0.3, -0.25) is 4.79 Å². The van der Waals surface area contributed by atoms with Crippen molar-refractivity contribution in [2.45, 2.75) is 75.5 Å². The van der Waals surface area contributed by atoms with E-state index in [2.05, 4.69) is 40.5 Å². The van der Waals surface area contributed by atoms with Crippen LogP contribution in [0.1, 0.15) is 62.8 Å². The molecule has 3 amide bonds. The zero-order valence-electron chi connectivity index (χ0n) is 20.8. The summed E-state index contributed by atoms with van der Waals surface area (Å²) >= 11 is 0. The quantitative estimate of drug-likeness (QED) is 0.680. The summed E-state index contributed by atoms with van der Waals surface area (Å²) in [5.41, 5.74) is 1.05. The van der Waals surface area contributed by atoms with E-state index < -0.39 is 0 Å². The average molecular weight is 481 g/mol. The molecular weight excluding hydrogens is 440 g/mol. The van der Waals surface area contributed by atoms with Crippen molar-refractivity contribution >= 4 is 11.9 Å². The lowest BCUT2D eigenvalue weighted by molar-refractivity contribution is -0.141. The minimum atomic E-state index is -0.381. The fraction of sp³-hybridized carbons (Fsp3) is 0.714.